The van der Waals surface area contributed by atoms with Crippen molar-refractivity contribution in [2.75, 3.05) is 10.0 Å². The summed E-state index contributed by atoms with van der Waals surface area (Å²) in [5.41, 5.74) is -0.0739. The predicted octanol–water partition coefficient (Wildman–Crippen LogP) is 4.82. The van der Waals surface area contributed by atoms with Gasteiger partial charge in [0.05, 0.1) is 17.9 Å². The Labute approximate surface area is 242 Å². The number of carbonyl (C=O) groups excluding carboxylic acids is 2. The van der Waals surface area contributed by atoms with Crippen LogP contribution in [0.4, 0.5) is 16.2 Å². The quantitative estimate of drug-likeness (QED) is 0.335. The van der Waals surface area contributed by atoms with Crippen LogP contribution in [-0.2, 0) is 31.7 Å². The van der Waals surface area contributed by atoms with Crippen LogP contribution < -0.4 is 15.6 Å². The van der Waals surface area contributed by atoms with Crippen molar-refractivity contribution in [3.63, 3.8) is 0 Å². The molecule has 1 fully saturated rings. The average Bonchev–Trinajstić information content (AvgIpc) is 3.71. The molecule has 13 heteroatoms. The molecule has 0 saturated heterocycles. The van der Waals surface area contributed by atoms with Crippen LogP contribution in [0.1, 0.15) is 56.4 Å². The van der Waals surface area contributed by atoms with Crippen LogP contribution in [-0.4, -0.2) is 42.3 Å². The molecule has 0 unspecified atom stereocenters. The number of aromatic nitrogens is 2. The number of carbonyl (C=O) groups is 2. The summed E-state index contributed by atoms with van der Waals surface area (Å²) in [7, 11) is -3.98. The molecule has 0 bridgehead atoms. The van der Waals surface area contributed by atoms with Gasteiger partial charge in [-0.15, -0.1) is 0 Å². The number of nitrogens with one attached hydrogen (secondary N) is 2. The van der Waals surface area contributed by atoms with Gasteiger partial charge in [0, 0.05) is 16.9 Å². The first-order chi connectivity index (χ1) is 19.2. The molecule has 0 aliphatic heterocycles. The Bertz CT molecular complexity index is 1660. The zero-order valence-electron chi connectivity index (χ0n) is 22.8. The monoisotopic (exact) mass is 599 g/mol. The molecule has 0 atom stereocenters. The van der Waals surface area contributed by atoms with E-state index in [2.05, 4.69) is 26.7 Å². The van der Waals surface area contributed by atoms with E-state index in [1.807, 2.05) is 0 Å². The minimum Gasteiger partial charge on any atom is -0.444 e. The Hall–Kier alpha value is -4.03. The summed E-state index contributed by atoms with van der Waals surface area (Å²) in [4.78, 5) is 46.3. The SMILES string of the molecule is C=NC(=O)Cc1cnc(-n2c(C3CC3)ccc(NS(=O)(=O)Cc3ccc(Cl)cc3)c2=O)c(NC(=O)OC(C)(C)C)c1. The zero-order valence-corrected chi connectivity index (χ0v) is 24.4. The van der Waals surface area contributed by atoms with Gasteiger partial charge < -0.3 is 4.74 Å². The van der Waals surface area contributed by atoms with E-state index in [1.54, 1.807) is 51.1 Å². The summed E-state index contributed by atoms with van der Waals surface area (Å²) < 4.78 is 35.0. The highest BCUT2D eigenvalue weighted by Crippen LogP contribution is 2.41. The molecular formula is C28H30ClN5O6S. The first-order valence-electron chi connectivity index (χ1n) is 12.7. The summed E-state index contributed by atoms with van der Waals surface area (Å²) >= 11 is 5.90. The van der Waals surface area contributed by atoms with Gasteiger partial charge in [-0.2, -0.15) is 0 Å². The van der Waals surface area contributed by atoms with Crippen molar-refractivity contribution in [2.24, 2.45) is 4.99 Å². The van der Waals surface area contributed by atoms with Gasteiger partial charge in [-0.1, -0.05) is 23.7 Å². The summed E-state index contributed by atoms with van der Waals surface area (Å²) in [5.74, 6) is -0.789. The largest absolute Gasteiger partial charge is 0.444 e. The number of sulfonamides is 1. The maximum atomic E-state index is 13.8. The van der Waals surface area contributed by atoms with Gasteiger partial charge in [-0.05, 0) is 87.7 Å². The lowest BCUT2D eigenvalue weighted by atomic mass is 10.1. The Balaban J connectivity index is 1.77. The van der Waals surface area contributed by atoms with Crippen LogP contribution in [0.3, 0.4) is 0 Å². The lowest BCUT2D eigenvalue weighted by Gasteiger charge is -2.21. The standard InChI is InChI=1S/C28H30ClN5O6S/c1-28(2,3)40-27(37)32-22-13-18(14-24(35)30-4)15-31-25(22)34-23(19-7-8-19)12-11-21(26(34)36)33-41(38,39)16-17-5-9-20(29)10-6-17/h5-6,9-13,15,19,33H,4,7-8,14,16H2,1-3H3,(H,32,37). The smallest absolute Gasteiger partial charge is 0.412 e. The van der Waals surface area contributed by atoms with Crippen LogP contribution in [0.5, 0.6) is 0 Å². The van der Waals surface area contributed by atoms with Crippen molar-refractivity contribution >= 4 is 51.7 Å². The van der Waals surface area contributed by atoms with Crippen molar-refractivity contribution in [2.45, 2.75) is 57.3 Å². The fourth-order valence-electron chi connectivity index (χ4n) is 4.06. The maximum absolute atomic E-state index is 13.8. The number of ether oxygens (including phenoxy) is 1. The molecule has 11 nitrogen and oxygen atoms in total. The number of aliphatic imine (C=N–C) groups is 1. The second-order valence-electron chi connectivity index (χ2n) is 10.6. The predicted molar refractivity (Wildman–Crippen MR) is 158 cm³/mol. The number of hydrogen-bond donors (Lipinski definition) is 2. The van der Waals surface area contributed by atoms with Crippen LogP contribution in [0.15, 0.2) is 58.4 Å². The molecule has 2 heterocycles. The molecule has 41 heavy (non-hydrogen) atoms. The third kappa shape index (κ3) is 8.01. The summed E-state index contributed by atoms with van der Waals surface area (Å²) in [5, 5.41) is 3.10. The van der Waals surface area contributed by atoms with E-state index in [1.165, 1.54) is 22.9 Å². The van der Waals surface area contributed by atoms with Gasteiger partial charge in [-0.3, -0.25) is 24.2 Å². The van der Waals surface area contributed by atoms with Gasteiger partial charge in [-0.25, -0.2) is 23.2 Å². The molecule has 2 amide bonds. The molecule has 0 radical (unpaired) electrons. The number of benzene rings is 1. The van der Waals surface area contributed by atoms with Gasteiger partial charge in [0.25, 0.3) is 5.56 Å². The fraction of sp³-hybridized carbons (Fsp3) is 0.321. The number of pyridine rings is 2. The second-order valence-corrected chi connectivity index (χ2v) is 12.8. The molecule has 2 aromatic heterocycles. The molecule has 1 saturated carbocycles. The maximum Gasteiger partial charge on any atom is 0.412 e. The topological polar surface area (TPSA) is 149 Å². The van der Waals surface area contributed by atoms with E-state index in [9.17, 15) is 22.8 Å². The lowest BCUT2D eigenvalue weighted by Crippen LogP contribution is -2.30. The van der Waals surface area contributed by atoms with Gasteiger partial charge in [0.15, 0.2) is 5.82 Å². The Morgan fingerprint density at radius 1 is 1.12 bits per heavy atom. The van der Waals surface area contributed by atoms with Crippen LogP contribution in [0.2, 0.25) is 5.02 Å². The molecular weight excluding hydrogens is 570 g/mol. The molecule has 216 valence electrons. The first kappa shape index (κ1) is 29.9. The van der Waals surface area contributed by atoms with Crippen LogP contribution in [0, 0.1) is 0 Å². The van der Waals surface area contributed by atoms with E-state index in [0.29, 0.717) is 21.8 Å². The van der Waals surface area contributed by atoms with E-state index in [0.717, 1.165) is 12.8 Å². The number of anilines is 2. The van der Waals surface area contributed by atoms with Gasteiger partial charge in [0.2, 0.25) is 15.9 Å². The minimum absolute atomic E-state index is 0.0456. The minimum atomic E-state index is -3.98. The average molecular weight is 600 g/mol. The Morgan fingerprint density at radius 2 is 1.80 bits per heavy atom. The number of rotatable bonds is 9. The summed E-state index contributed by atoms with van der Waals surface area (Å²) in [6, 6.07) is 10.9. The fourth-order valence-corrected chi connectivity index (χ4v) is 5.38. The molecule has 2 N–H and O–H groups in total. The number of hydrogen-bond acceptors (Lipinski definition) is 7. The molecule has 1 aliphatic rings. The Morgan fingerprint density at radius 3 is 2.41 bits per heavy atom. The highest BCUT2D eigenvalue weighted by molar-refractivity contribution is 7.91. The second kappa shape index (κ2) is 11.8. The van der Waals surface area contributed by atoms with Gasteiger partial charge in [0.1, 0.15) is 11.3 Å². The van der Waals surface area contributed by atoms with Crippen LogP contribution >= 0.6 is 11.6 Å². The van der Waals surface area contributed by atoms with Gasteiger partial charge >= 0.3 is 6.09 Å². The van der Waals surface area contributed by atoms with Crippen molar-refractivity contribution in [1.29, 1.82) is 0 Å². The van der Waals surface area contributed by atoms with Crippen molar-refractivity contribution < 1.29 is 22.7 Å². The van der Waals surface area contributed by atoms with Crippen molar-refractivity contribution in [1.82, 2.24) is 9.55 Å². The van der Waals surface area contributed by atoms with Crippen molar-refractivity contribution in [3.8, 4) is 5.82 Å². The zero-order chi connectivity index (χ0) is 29.9. The normalized spacial score (nSPS) is 13.4. The highest BCUT2D eigenvalue weighted by Gasteiger charge is 2.30. The number of amides is 2. The van der Waals surface area contributed by atoms with E-state index in [-0.39, 0.29) is 35.3 Å². The third-order valence-corrected chi connectivity index (χ3v) is 7.44. The third-order valence-electron chi connectivity index (χ3n) is 5.95. The van der Waals surface area contributed by atoms with Crippen molar-refractivity contribution in [3.05, 3.63) is 80.9 Å². The first-order valence-corrected chi connectivity index (χ1v) is 14.8. The molecule has 3 aromatic rings. The Kier molecular flexibility index (Phi) is 8.64. The lowest BCUT2D eigenvalue weighted by molar-refractivity contribution is -0.117. The summed E-state index contributed by atoms with van der Waals surface area (Å²) in [6.07, 6.45) is 2.11. The number of halogens is 1. The van der Waals surface area contributed by atoms with E-state index in [4.69, 9.17) is 16.3 Å². The van der Waals surface area contributed by atoms with E-state index >= 15 is 0 Å². The van der Waals surface area contributed by atoms with E-state index < -0.39 is 33.2 Å². The number of nitrogens with zero attached hydrogens (tertiary/aromatic N) is 3. The van der Waals surface area contributed by atoms with Crippen LogP contribution in [0.25, 0.3) is 5.82 Å². The molecule has 4 rings (SSSR count). The molecule has 1 aromatic carbocycles. The summed E-state index contributed by atoms with van der Waals surface area (Å²) in [6.45, 7) is 8.34. The molecule has 1 aliphatic carbocycles. The molecule has 0 spiro atoms. The highest BCUT2D eigenvalue weighted by atomic mass is 35.5.